The van der Waals surface area contributed by atoms with Gasteiger partial charge in [0.2, 0.25) is 0 Å². The Morgan fingerprint density at radius 1 is 0.900 bits per heavy atom. The number of rotatable bonds is 1. The van der Waals surface area contributed by atoms with Crippen LogP contribution in [0.3, 0.4) is 0 Å². The number of methoxy groups -OCH3 is 1. The van der Waals surface area contributed by atoms with Crippen LogP contribution in [0.1, 0.15) is 15.9 Å². The molecule has 1 aliphatic heterocycles. The maximum Gasteiger partial charge on any atom is 0.258 e. The van der Waals surface area contributed by atoms with Crippen LogP contribution in [0.2, 0.25) is 0 Å². The van der Waals surface area contributed by atoms with Crippen molar-refractivity contribution < 1.29 is 9.53 Å². The molecular weight excluding hydrogens is 250 g/mol. The second-order valence-electron chi connectivity index (χ2n) is 4.69. The molecule has 0 fully saturated rings. The predicted molar refractivity (Wildman–Crippen MR) is 79.0 cm³/mol. The molecule has 1 aliphatic rings. The number of fused-ring (bicyclic) bond motifs is 3. The van der Waals surface area contributed by atoms with Gasteiger partial charge in [-0.05, 0) is 17.2 Å². The van der Waals surface area contributed by atoms with Crippen molar-refractivity contribution in [1.82, 2.24) is 4.90 Å². The van der Waals surface area contributed by atoms with Crippen molar-refractivity contribution in [3.63, 3.8) is 0 Å². The highest BCUT2D eigenvalue weighted by Gasteiger charge is 2.26. The summed E-state index contributed by atoms with van der Waals surface area (Å²) < 4.78 is 5.16. The quantitative estimate of drug-likeness (QED) is 0.740. The lowest BCUT2D eigenvalue weighted by atomic mass is 9.96. The Bertz CT molecular complexity index is 704. The van der Waals surface area contributed by atoms with E-state index in [0.717, 1.165) is 22.4 Å². The highest BCUT2D eigenvalue weighted by atomic mass is 16.5. The smallest absolute Gasteiger partial charge is 0.258 e. The first kappa shape index (κ1) is 12.5. The molecule has 0 bridgehead atoms. The van der Waals surface area contributed by atoms with Crippen molar-refractivity contribution in [1.29, 1.82) is 0 Å². The number of ether oxygens (including phenoxy) is 1. The van der Waals surface area contributed by atoms with Crippen LogP contribution < -0.4 is 0 Å². The molecule has 0 aliphatic carbocycles. The number of carbonyl (C=O) groups is 1. The molecule has 2 aromatic carbocycles. The van der Waals surface area contributed by atoms with Crippen LogP contribution in [0.15, 0.2) is 54.8 Å². The predicted octanol–water partition coefficient (Wildman–Crippen LogP) is 3.38. The van der Waals surface area contributed by atoms with Crippen molar-refractivity contribution in [2.24, 2.45) is 0 Å². The molecule has 0 aromatic heterocycles. The molecule has 0 spiro atoms. The highest BCUT2D eigenvalue weighted by Crippen LogP contribution is 2.36. The molecule has 1 amide bonds. The van der Waals surface area contributed by atoms with Gasteiger partial charge in [0.1, 0.15) is 6.26 Å². The van der Waals surface area contributed by atoms with Gasteiger partial charge in [0, 0.05) is 18.2 Å². The van der Waals surface area contributed by atoms with Crippen molar-refractivity contribution in [3.05, 3.63) is 65.9 Å². The van der Waals surface area contributed by atoms with E-state index in [1.165, 1.54) is 0 Å². The molecule has 3 heteroatoms. The lowest BCUT2D eigenvalue weighted by molar-refractivity contribution is 0.0860. The van der Waals surface area contributed by atoms with E-state index >= 15 is 0 Å². The number of benzene rings is 2. The van der Waals surface area contributed by atoms with Crippen LogP contribution in [0.4, 0.5) is 0 Å². The average Bonchev–Trinajstić information content (AvgIpc) is 2.58. The molecule has 2 aromatic rings. The molecular formula is C17H15NO2. The molecule has 0 saturated heterocycles. The largest absolute Gasteiger partial charge is 0.502 e. The Morgan fingerprint density at radius 3 is 2.00 bits per heavy atom. The van der Waals surface area contributed by atoms with Crippen LogP contribution >= 0.6 is 0 Å². The van der Waals surface area contributed by atoms with E-state index < -0.39 is 0 Å². The van der Waals surface area contributed by atoms with Gasteiger partial charge in [-0.3, -0.25) is 4.79 Å². The summed E-state index contributed by atoms with van der Waals surface area (Å²) in [6.45, 7) is 0. The summed E-state index contributed by atoms with van der Waals surface area (Å²) in [6, 6.07) is 15.7. The van der Waals surface area contributed by atoms with Gasteiger partial charge in [0.05, 0.1) is 12.8 Å². The molecule has 20 heavy (non-hydrogen) atoms. The monoisotopic (exact) mass is 265 g/mol. The Balaban J connectivity index is 2.37. The second-order valence-corrected chi connectivity index (χ2v) is 4.69. The summed E-state index contributed by atoms with van der Waals surface area (Å²) >= 11 is 0. The van der Waals surface area contributed by atoms with E-state index in [-0.39, 0.29) is 5.91 Å². The molecule has 3 rings (SSSR count). The van der Waals surface area contributed by atoms with Crippen LogP contribution in [0, 0.1) is 0 Å². The van der Waals surface area contributed by atoms with E-state index in [1.54, 1.807) is 25.3 Å². The molecule has 0 N–H and O–H groups in total. The minimum absolute atomic E-state index is 0.0277. The fourth-order valence-electron chi connectivity index (χ4n) is 2.57. The first-order valence-electron chi connectivity index (χ1n) is 6.44. The first-order valence-corrected chi connectivity index (χ1v) is 6.44. The third kappa shape index (κ3) is 1.79. The third-order valence-electron chi connectivity index (χ3n) is 3.55. The fourth-order valence-corrected chi connectivity index (χ4v) is 2.57. The van der Waals surface area contributed by atoms with E-state index in [2.05, 4.69) is 0 Å². The van der Waals surface area contributed by atoms with Gasteiger partial charge < -0.3 is 9.64 Å². The molecule has 0 atom stereocenters. The summed E-state index contributed by atoms with van der Waals surface area (Å²) in [5.41, 5.74) is 4.48. The standard InChI is InChI=1S/C17H15NO2/c1-18-16(11-20-2)14-9-5-3-7-12(14)13-8-4-6-10-15(13)17(18)19/h3-11H,1-2H3/b16-11-. The summed E-state index contributed by atoms with van der Waals surface area (Å²) in [4.78, 5) is 14.3. The van der Waals surface area contributed by atoms with Crippen molar-refractivity contribution in [2.75, 3.05) is 14.2 Å². The third-order valence-corrected chi connectivity index (χ3v) is 3.55. The van der Waals surface area contributed by atoms with E-state index in [4.69, 9.17) is 4.74 Å². The minimum atomic E-state index is -0.0277. The Labute approximate surface area is 118 Å². The highest BCUT2D eigenvalue weighted by molar-refractivity contribution is 6.08. The van der Waals surface area contributed by atoms with Gasteiger partial charge in [-0.25, -0.2) is 0 Å². The van der Waals surface area contributed by atoms with Crippen LogP contribution in [0.5, 0.6) is 0 Å². The topological polar surface area (TPSA) is 29.5 Å². The van der Waals surface area contributed by atoms with Gasteiger partial charge in [0.25, 0.3) is 5.91 Å². The molecule has 0 unspecified atom stereocenters. The van der Waals surface area contributed by atoms with Crippen molar-refractivity contribution in [2.45, 2.75) is 0 Å². The normalized spacial score (nSPS) is 15.6. The molecule has 3 nitrogen and oxygen atoms in total. The number of carbonyl (C=O) groups excluding carboxylic acids is 1. The van der Waals surface area contributed by atoms with E-state index in [0.29, 0.717) is 5.56 Å². The zero-order valence-electron chi connectivity index (χ0n) is 11.5. The lowest BCUT2D eigenvalue weighted by Gasteiger charge is -2.18. The zero-order chi connectivity index (χ0) is 14.1. The van der Waals surface area contributed by atoms with Gasteiger partial charge in [-0.2, -0.15) is 0 Å². The Hall–Kier alpha value is -2.55. The summed E-state index contributed by atoms with van der Waals surface area (Å²) in [6.07, 6.45) is 1.61. The van der Waals surface area contributed by atoms with Crippen molar-refractivity contribution >= 4 is 11.6 Å². The zero-order valence-corrected chi connectivity index (χ0v) is 11.5. The summed E-state index contributed by atoms with van der Waals surface area (Å²) in [5, 5.41) is 0. The summed E-state index contributed by atoms with van der Waals surface area (Å²) in [7, 11) is 3.36. The molecule has 0 saturated carbocycles. The van der Waals surface area contributed by atoms with E-state index in [1.807, 2.05) is 48.5 Å². The van der Waals surface area contributed by atoms with Gasteiger partial charge >= 0.3 is 0 Å². The number of hydrogen-bond acceptors (Lipinski definition) is 2. The average molecular weight is 265 g/mol. The number of hydrogen-bond donors (Lipinski definition) is 0. The Kier molecular flexibility index (Phi) is 3.03. The molecule has 0 radical (unpaired) electrons. The first-order chi connectivity index (χ1) is 9.74. The number of amides is 1. The van der Waals surface area contributed by atoms with E-state index in [9.17, 15) is 4.79 Å². The van der Waals surface area contributed by atoms with Gasteiger partial charge in [-0.15, -0.1) is 0 Å². The summed E-state index contributed by atoms with van der Waals surface area (Å²) in [5.74, 6) is -0.0277. The van der Waals surface area contributed by atoms with Crippen molar-refractivity contribution in [3.8, 4) is 11.1 Å². The minimum Gasteiger partial charge on any atom is -0.502 e. The molecule has 100 valence electrons. The van der Waals surface area contributed by atoms with Crippen LogP contribution in [-0.2, 0) is 4.74 Å². The van der Waals surface area contributed by atoms with Crippen LogP contribution in [-0.4, -0.2) is 25.0 Å². The van der Waals surface area contributed by atoms with Gasteiger partial charge in [0.15, 0.2) is 0 Å². The molecule has 1 heterocycles. The number of nitrogens with zero attached hydrogens (tertiary/aromatic N) is 1. The SMILES string of the molecule is CO/C=C1/c2ccccc2-c2ccccc2C(=O)N1C. The maximum atomic E-state index is 12.6. The lowest BCUT2D eigenvalue weighted by Crippen LogP contribution is -2.24. The Morgan fingerprint density at radius 2 is 1.40 bits per heavy atom. The van der Waals surface area contributed by atoms with Gasteiger partial charge in [-0.1, -0.05) is 42.5 Å². The second kappa shape index (κ2) is 4.85. The fraction of sp³-hybridized carbons (Fsp3) is 0.118. The maximum absolute atomic E-state index is 12.6. The van der Waals surface area contributed by atoms with Crippen LogP contribution in [0.25, 0.3) is 16.8 Å².